The summed E-state index contributed by atoms with van der Waals surface area (Å²) in [6.45, 7) is 5.92. The number of unbranched alkanes of at least 4 members (excludes halogenated alkanes) is 6. The van der Waals surface area contributed by atoms with Gasteiger partial charge in [0, 0.05) is 0 Å². The van der Waals surface area contributed by atoms with Gasteiger partial charge in [0.15, 0.2) is 0 Å². The highest BCUT2D eigenvalue weighted by Gasteiger charge is 1.87. The van der Waals surface area contributed by atoms with Crippen molar-refractivity contribution in [1.82, 2.24) is 0 Å². The topological polar surface area (TPSA) is 0 Å². The Morgan fingerprint density at radius 1 is 0.750 bits per heavy atom. The van der Waals surface area contributed by atoms with E-state index in [0.717, 1.165) is 6.42 Å². The van der Waals surface area contributed by atoms with Crippen LogP contribution in [0.5, 0.6) is 0 Å². The van der Waals surface area contributed by atoms with E-state index in [2.05, 4.69) is 37.8 Å². The molecule has 0 saturated heterocycles. The Kier molecular flexibility index (Phi) is 13.5. The van der Waals surface area contributed by atoms with Gasteiger partial charge in [0.25, 0.3) is 0 Å². The third-order valence-electron chi connectivity index (χ3n) is 2.58. The van der Waals surface area contributed by atoms with E-state index in [1.807, 2.05) is 6.08 Å². The fraction of sp³-hybridized carbons (Fsp3) is 0.625. The number of hydrogen-bond acceptors (Lipinski definition) is 0. The zero-order valence-corrected chi connectivity index (χ0v) is 11.0. The highest BCUT2D eigenvalue weighted by molar-refractivity contribution is 4.88. The first kappa shape index (κ1) is 15.2. The smallest absolute Gasteiger partial charge is 0.0172 e. The van der Waals surface area contributed by atoms with E-state index >= 15 is 0 Å². The molecular formula is C16H28. The van der Waals surface area contributed by atoms with E-state index in [-0.39, 0.29) is 0 Å². The first-order valence-corrected chi connectivity index (χ1v) is 6.82. The van der Waals surface area contributed by atoms with Crippen LogP contribution < -0.4 is 0 Å². The van der Waals surface area contributed by atoms with Crippen LogP contribution in [0, 0.1) is 0 Å². The first-order valence-electron chi connectivity index (χ1n) is 6.82. The van der Waals surface area contributed by atoms with Gasteiger partial charge in [-0.2, -0.15) is 0 Å². The minimum Gasteiger partial charge on any atom is -0.103 e. The molecule has 0 rings (SSSR count). The minimum absolute atomic E-state index is 1.02. The molecule has 0 N–H and O–H groups in total. The molecule has 0 bridgehead atoms. The fourth-order valence-electron chi connectivity index (χ4n) is 1.59. The lowest BCUT2D eigenvalue weighted by Crippen LogP contribution is -1.77. The summed E-state index contributed by atoms with van der Waals surface area (Å²) in [7, 11) is 0. The van der Waals surface area contributed by atoms with Crippen molar-refractivity contribution in [2.45, 2.75) is 64.7 Å². The predicted octanol–water partition coefficient (Wildman–Crippen LogP) is 5.82. The lowest BCUT2D eigenvalue weighted by molar-refractivity contribution is 0.651. The Labute approximate surface area is 102 Å². The summed E-state index contributed by atoms with van der Waals surface area (Å²) in [5.74, 6) is 0. The average Bonchev–Trinajstić information content (AvgIpc) is 2.31. The molecule has 0 unspecified atom stereocenters. The maximum atomic E-state index is 3.69. The molecule has 16 heavy (non-hydrogen) atoms. The standard InChI is InChI=1S/C16H28/c1-3-5-7-9-11-13-15-16-14-12-10-8-6-4-2/h3,7-10H,1,4-6,11-16H2,2H3. The van der Waals surface area contributed by atoms with Crippen LogP contribution in [0.1, 0.15) is 64.7 Å². The van der Waals surface area contributed by atoms with Crippen molar-refractivity contribution in [3.05, 3.63) is 37.0 Å². The summed E-state index contributed by atoms with van der Waals surface area (Å²) in [6, 6.07) is 0. The van der Waals surface area contributed by atoms with E-state index in [9.17, 15) is 0 Å². The van der Waals surface area contributed by atoms with E-state index in [1.165, 1.54) is 51.4 Å². The molecular weight excluding hydrogens is 192 g/mol. The SMILES string of the molecule is C=CCC=CCCCCCCC=CCCC. The lowest BCUT2D eigenvalue weighted by atomic mass is 10.1. The Balaban J connectivity index is 3.06. The first-order chi connectivity index (χ1) is 7.91. The molecule has 92 valence electrons. The van der Waals surface area contributed by atoms with Crippen molar-refractivity contribution in [2.75, 3.05) is 0 Å². The second-order valence-electron chi connectivity index (χ2n) is 4.25. The second-order valence-corrected chi connectivity index (χ2v) is 4.25. The van der Waals surface area contributed by atoms with Gasteiger partial charge in [-0.1, -0.05) is 56.6 Å². The molecule has 0 heterocycles. The van der Waals surface area contributed by atoms with Crippen LogP contribution >= 0.6 is 0 Å². The summed E-state index contributed by atoms with van der Waals surface area (Å²) >= 11 is 0. The molecule has 0 nitrogen and oxygen atoms in total. The van der Waals surface area contributed by atoms with Crippen LogP contribution in [0.25, 0.3) is 0 Å². The summed E-state index contributed by atoms with van der Waals surface area (Å²) in [4.78, 5) is 0. The van der Waals surface area contributed by atoms with Crippen LogP contribution in [0.3, 0.4) is 0 Å². The molecule has 0 saturated carbocycles. The Bertz CT molecular complexity index is 186. The summed E-state index contributed by atoms with van der Waals surface area (Å²) < 4.78 is 0. The quantitative estimate of drug-likeness (QED) is 0.304. The van der Waals surface area contributed by atoms with Crippen molar-refractivity contribution < 1.29 is 0 Å². The van der Waals surface area contributed by atoms with Crippen LogP contribution in [0.4, 0.5) is 0 Å². The third kappa shape index (κ3) is 13.2. The van der Waals surface area contributed by atoms with Crippen LogP contribution in [-0.2, 0) is 0 Å². The Morgan fingerprint density at radius 3 is 1.88 bits per heavy atom. The molecule has 0 aliphatic rings. The minimum atomic E-state index is 1.02. The van der Waals surface area contributed by atoms with Gasteiger partial charge in [0.1, 0.15) is 0 Å². The van der Waals surface area contributed by atoms with Crippen molar-refractivity contribution in [1.29, 1.82) is 0 Å². The Morgan fingerprint density at radius 2 is 1.31 bits per heavy atom. The van der Waals surface area contributed by atoms with Gasteiger partial charge < -0.3 is 0 Å². The van der Waals surface area contributed by atoms with Gasteiger partial charge in [-0.15, -0.1) is 6.58 Å². The second kappa shape index (κ2) is 14.2. The highest BCUT2D eigenvalue weighted by Crippen LogP contribution is 2.07. The maximum absolute atomic E-state index is 3.69. The fourth-order valence-corrected chi connectivity index (χ4v) is 1.59. The normalized spacial score (nSPS) is 11.6. The number of rotatable bonds is 11. The molecule has 0 fully saturated rings. The molecule has 0 aliphatic carbocycles. The maximum Gasteiger partial charge on any atom is -0.0172 e. The van der Waals surface area contributed by atoms with E-state index in [0.29, 0.717) is 0 Å². The molecule has 0 amide bonds. The van der Waals surface area contributed by atoms with E-state index in [4.69, 9.17) is 0 Å². The zero-order valence-electron chi connectivity index (χ0n) is 11.0. The van der Waals surface area contributed by atoms with Gasteiger partial charge in [-0.05, 0) is 38.5 Å². The van der Waals surface area contributed by atoms with Crippen LogP contribution in [0.15, 0.2) is 37.0 Å². The zero-order chi connectivity index (χ0) is 11.9. The van der Waals surface area contributed by atoms with Gasteiger partial charge in [-0.25, -0.2) is 0 Å². The molecule has 0 atom stereocenters. The lowest BCUT2D eigenvalue weighted by Gasteiger charge is -1.96. The summed E-state index contributed by atoms with van der Waals surface area (Å²) in [5, 5.41) is 0. The van der Waals surface area contributed by atoms with Crippen LogP contribution in [0.2, 0.25) is 0 Å². The molecule has 0 aromatic carbocycles. The van der Waals surface area contributed by atoms with E-state index in [1.54, 1.807) is 0 Å². The summed E-state index contributed by atoms with van der Waals surface area (Å²) in [5.41, 5.74) is 0. The largest absolute Gasteiger partial charge is 0.103 e. The number of hydrogen-bond donors (Lipinski definition) is 0. The molecule has 0 spiro atoms. The molecule has 0 aliphatic heterocycles. The van der Waals surface area contributed by atoms with Crippen molar-refractivity contribution >= 4 is 0 Å². The highest BCUT2D eigenvalue weighted by atomic mass is 13.9. The van der Waals surface area contributed by atoms with Crippen LogP contribution in [-0.4, -0.2) is 0 Å². The van der Waals surface area contributed by atoms with Gasteiger partial charge in [0.05, 0.1) is 0 Å². The molecule has 0 heteroatoms. The monoisotopic (exact) mass is 220 g/mol. The predicted molar refractivity (Wildman–Crippen MR) is 75.7 cm³/mol. The molecule has 0 aromatic heterocycles. The van der Waals surface area contributed by atoms with Crippen molar-refractivity contribution in [2.24, 2.45) is 0 Å². The third-order valence-corrected chi connectivity index (χ3v) is 2.58. The van der Waals surface area contributed by atoms with Crippen molar-refractivity contribution in [3.63, 3.8) is 0 Å². The van der Waals surface area contributed by atoms with Gasteiger partial charge in [0.2, 0.25) is 0 Å². The number of allylic oxidation sites excluding steroid dienone is 5. The van der Waals surface area contributed by atoms with Gasteiger partial charge in [-0.3, -0.25) is 0 Å². The average molecular weight is 220 g/mol. The molecule has 0 radical (unpaired) electrons. The molecule has 0 aromatic rings. The van der Waals surface area contributed by atoms with E-state index < -0.39 is 0 Å². The Hall–Kier alpha value is -0.780. The summed E-state index contributed by atoms with van der Waals surface area (Å²) in [6.07, 6.45) is 22.6. The van der Waals surface area contributed by atoms with Gasteiger partial charge >= 0.3 is 0 Å². The van der Waals surface area contributed by atoms with Crippen molar-refractivity contribution in [3.8, 4) is 0 Å².